The summed E-state index contributed by atoms with van der Waals surface area (Å²) in [5.41, 5.74) is 10.6. The fraction of sp³-hybridized carbons (Fsp3) is 0.143. The number of hydrogen-bond donors (Lipinski definition) is 2. The van der Waals surface area contributed by atoms with Crippen molar-refractivity contribution in [1.82, 2.24) is 20.0 Å². The first-order chi connectivity index (χ1) is 17.5. The van der Waals surface area contributed by atoms with Crippen LogP contribution in [0.2, 0.25) is 0 Å². The lowest BCUT2D eigenvalue weighted by molar-refractivity contribution is 0.0940. The Bertz CT molecular complexity index is 1560. The number of nitrogens with two attached hydrogens (primary N) is 1. The molecule has 180 valence electrons. The molecule has 0 aliphatic carbocycles. The zero-order chi connectivity index (χ0) is 25.1. The topological polar surface area (TPSA) is 98.2 Å². The van der Waals surface area contributed by atoms with Crippen LogP contribution in [-0.4, -0.2) is 32.8 Å². The molecular formula is C28H25FN6O. The largest absolute Gasteiger partial charge is 0.383 e. The van der Waals surface area contributed by atoms with Crippen molar-refractivity contribution < 1.29 is 9.18 Å². The van der Waals surface area contributed by atoms with Crippen molar-refractivity contribution in [2.75, 3.05) is 5.73 Å². The minimum atomic E-state index is -0.337. The van der Waals surface area contributed by atoms with Crippen LogP contribution in [0.15, 0.2) is 84.0 Å². The maximum Gasteiger partial charge on any atom is 0.257 e. The Hall–Kier alpha value is -4.59. The number of para-hydroxylation sites is 2. The van der Waals surface area contributed by atoms with Crippen LogP contribution in [0.25, 0.3) is 22.2 Å². The molecule has 2 heterocycles. The number of carbonyl (C=O) groups excluding carboxylic acids is 1. The third kappa shape index (κ3) is 4.79. The Morgan fingerprint density at radius 2 is 1.69 bits per heavy atom. The van der Waals surface area contributed by atoms with Gasteiger partial charge in [0.2, 0.25) is 0 Å². The van der Waals surface area contributed by atoms with Gasteiger partial charge in [-0.1, -0.05) is 54.6 Å². The number of hydrogen-bond acceptors (Lipinski definition) is 5. The first-order valence-electron chi connectivity index (χ1n) is 11.7. The molecular weight excluding hydrogens is 455 g/mol. The van der Waals surface area contributed by atoms with Crippen molar-refractivity contribution in [1.29, 1.82) is 0 Å². The van der Waals surface area contributed by atoms with E-state index in [0.717, 1.165) is 12.8 Å². The molecule has 36 heavy (non-hydrogen) atoms. The lowest BCUT2D eigenvalue weighted by Crippen LogP contribution is -2.33. The van der Waals surface area contributed by atoms with Crippen molar-refractivity contribution in [3.63, 3.8) is 0 Å². The first-order valence-corrected chi connectivity index (χ1v) is 11.7. The van der Waals surface area contributed by atoms with Crippen LogP contribution >= 0.6 is 0 Å². The summed E-state index contributed by atoms with van der Waals surface area (Å²) in [5.74, 6) is -0.541. The maximum absolute atomic E-state index is 13.4. The van der Waals surface area contributed by atoms with Crippen LogP contribution in [0.4, 0.5) is 10.2 Å². The van der Waals surface area contributed by atoms with Gasteiger partial charge in [0.25, 0.3) is 5.91 Å². The summed E-state index contributed by atoms with van der Waals surface area (Å²) in [6, 6.07) is 23.3. The van der Waals surface area contributed by atoms with Gasteiger partial charge in [-0.25, -0.2) is 14.4 Å². The van der Waals surface area contributed by atoms with E-state index in [1.807, 2.05) is 49.4 Å². The van der Waals surface area contributed by atoms with E-state index in [4.69, 9.17) is 10.7 Å². The predicted molar refractivity (Wildman–Crippen MR) is 141 cm³/mol. The van der Waals surface area contributed by atoms with Gasteiger partial charge in [0, 0.05) is 6.04 Å². The molecule has 8 heteroatoms. The third-order valence-corrected chi connectivity index (χ3v) is 5.98. The lowest BCUT2D eigenvalue weighted by Gasteiger charge is -2.14. The van der Waals surface area contributed by atoms with E-state index in [2.05, 4.69) is 27.5 Å². The minimum absolute atomic E-state index is 0.0911. The summed E-state index contributed by atoms with van der Waals surface area (Å²) < 4.78 is 14.7. The van der Waals surface area contributed by atoms with E-state index in [1.54, 1.807) is 12.1 Å². The molecule has 5 rings (SSSR count). The van der Waals surface area contributed by atoms with Gasteiger partial charge in [0.15, 0.2) is 5.65 Å². The number of nitrogens with zero attached hydrogens (tertiary/aromatic N) is 4. The molecule has 0 saturated carbocycles. The summed E-state index contributed by atoms with van der Waals surface area (Å²) >= 11 is 0. The summed E-state index contributed by atoms with van der Waals surface area (Å²) in [6.07, 6.45) is 3.15. The monoisotopic (exact) mass is 480 g/mol. The second kappa shape index (κ2) is 9.95. The first kappa shape index (κ1) is 23.2. The van der Waals surface area contributed by atoms with E-state index in [1.165, 1.54) is 28.6 Å². The van der Waals surface area contributed by atoms with Crippen molar-refractivity contribution in [2.24, 2.45) is 5.10 Å². The summed E-state index contributed by atoms with van der Waals surface area (Å²) in [5, 5.41) is 7.51. The molecule has 3 N–H and O–H groups in total. The normalized spacial score (nSPS) is 12.4. The number of halogens is 1. The van der Waals surface area contributed by atoms with Crippen LogP contribution in [0.1, 0.15) is 34.8 Å². The Morgan fingerprint density at radius 1 is 1.03 bits per heavy atom. The van der Waals surface area contributed by atoms with Gasteiger partial charge >= 0.3 is 0 Å². The van der Waals surface area contributed by atoms with Gasteiger partial charge in [-0.3, -0.25) is 4.79 Å². The number of carbonyl (C=O) groups is 1. The van der Waals surface area contributed by atoms with E-state index in [-0.39, 0.29) is 29.1 Å². The fourth-order valence-corrected chi connectivity index (χ4v) is 4.06. The number of nitrogens with one attached hydrogen (secondary N) is 1. The molecule has 0 saturated heterocycles. The Morgan fingerprint density at radius 3 is 2.42 bits per heavy atom. The van der Waals surface area contributed by atoms with Crippen LogP contribution in [0, 0.1) is 5.82 Å². The highest BCUT2D eigenvalue weighted by Gasteiger charge is 2.25. The van der Waals surface area contributed by atoms with Gasteiger partial charge in [0.05, 0.1) is 17.2 Å². The van der Waals surface area contributed by atoms with E-state index in [0.29, 0.717) is 27.8 Å². The number of rotatable bonds is 7. The van der Waals surface area contributed by atoms with Gasteiger partial charge in [-0.15, -0.1) is 0 Å². The summed E-state index contributed by atoms with van der Waals surface area (Å²) in [6.45, 7) is 1.96. The van der Waals surface area contributed by atoms with Crippen LogP contribution in [-0.2, 0) is 6.42 Å². The number of fused-ring (bicyclic) bond motifs is 2. The standard InChI is InChI=1S/C28H25FN6O/c1-18(11-12-19-7-3-2-4-8-19)32-28(36)24-25-27(34-23-10-6-5-9-22(23)33-25)35(26(24)30)31-17-20-13-15-21(29)16-14-20/h2-10,13-18H,11-12,30H2,1H3,(H,32,36)/b31-17-/t18-/m0/s1. The van der Waals surface area contributed by atoms with Gasteiger partial charge < -0.3 is 11.1 Å². The number of amides is 1. The summed E-state index contributed by atoms with van der Waals surface area (Å²) in [7, 11) is 0. The second-order valence-corrected chi connectivity index (χ2v) is 8.65. The average molecular weight is 481 g/mol. The molecule has 0 aliphatic heterocycles. The zero-order valence-electron chi connectivity index (χ0n) is 19.7. The Labute approximate surface area is 207 Å². The van der Waals surface area contributed by atoms with Gasteiger partial charge in [-0.05, 0) is 55.2 Å². The predicted octanol–water partition coefficient (Wildman–Crippen LogP) is 4.94. The molecule has 0 radical (unpaired) electrons. The van der Waals surface area contributed by atoms with E-state index in [9.17, 15) is 9.18 Å². The third-order valence-electron chi connectivity index (χ3n) is 5.98. The molecule has 5 aromatic rings. The molecule has 0 unspecified atom stereocenters. The number of aryl methyl sites for hydroxylation is 1. The molecule has 0 fully saturated rings. The average Bonchev–Trinajstić information content (AvgIpc) is 3.16. The molecule has 7 nitrogen and oxygen atoms in total. The molecule has 0 aliphatic rings. The van der Waals surface area contributed by atoms with Crippen molar-refractivity contribution in [2.45, 2.75) is 25.8 Å². The van der Waals surface area contributed by atoms with Crippen LogP contribution in [0.5, 0.6) is 0 Å². The van der Waals surface area contributed by atoms with E-state index >= 15 is 0 Å². The second-order valence-electron chi connectivity index (χ2n) is 8.65. The maximum atomic E-state index is 13.4. The minimum Gasteiger partial charge on any atom is -0.383 e. The van der Waals surface area contributed by atoms with E-state index < -0.39 is 0 Å². The van der Waals surface area contributed by atoms with Crippen LogP contribution in [0.3, 0.4) is 0 Å². The van der Waals surface area contributed by atoms with Crippen molar-refractivity contribution in [3.8, 4) is 0 Å². The number of nitrogen functional groups attached to an aromatic ring is 1. The quantitative estimate of drug-likeness (QED) is 0.323. The number of aromatic nitrogens is 3. The van der Waals surface area contributed by atoms with Gasteiger partial charge in [-0.2, -0.15) is 9.78 Å². The lowest BCUT2D eigenvalue weighted by atomic mass is 10.1. The molecule has 0 bridgehead atoms. The Kier molecular flexibility index (Phi) is 6.40. The fourth-order valence-electron chi connectivity index (χ4n) is 4.06. The molecule has 1 atom stereocenters. The van der Waals surface area contributed by atoms with Crippen molar-refractivity contribution >= 4 is 40.1 Å². The zero-order valence-corrected chi connectivity index (χ0v) is 19.7. The van der Waals surface area contributed by atoms with Gasteiger partial charge in [0.1, 0.15) is 22.7 Å². The molecule has 2 aromatic heterocycles. The van der Waals surface area contributed by atoms with Crippen molar-refractivity contribution in [3.05, 3.63) is 101 Å². The van der Waals surface area contributed by atoms with Crippen LogP contribution < -0.4 is 11.1 Å². The highest BCUT2D eigenvalue weighted by atomic mass is 19.1. The summed E-state index contributed by atoms with van der Waals surface area (Å²) in [4.78, 5) is 22.8. The smallest absolute Gasteiger partial charge is 0.257 e. The molecule has 3 aromatic carbocycles. The Balaban J connectivity index is 1.49. The molecule has 1 amide bonds. The number of anilines is 1. The molecule has 0 spiro atoms. The SMILES string of the molecule is C[C@@H](CCc1ccccc1)NC(=O)c1c(N)n(/N=C\c2ccc(F)cc2)c2nc3ccccc3nc12. The highest BCUT2D eigenvalue weighted by molar-refractivity contribution is 6.10. The number of benzene rings is 3. The highest BCUT2D eigenvalue weighted by Crippen LogP contribution is 2.28.